The molecule has 0 spiro atoms. The predicted octanol–water partition coefficient (Wildman–Crippen LogP) is 2.48. The smallest absolute Gasteiger partial charge is 0.243 e. The van der Waals surface area contributed by atoms with Gasteiger partial charge in [-0.2, -0.15) is 4.31 Å². The average molecular weight is 564 g/mol. The van der Waals surface area contributed by atoms with Gasteiger partial charge < -0.3 is 15.5 Å². The van der Waals surface area contributed by atoms with Crippen molar-refractivity contribution in [3.63, 3.8) is 0 Å². The zero-order valence-corrected chi connectivity index (χ0v) is 21.6. The fraction of sp³-hybridized carbons (Fsp3) is 0.450. The van der Waals surface area contributed by atoms with E-state index in [0.717, 1.165) is 18.7 Å². The van der Waals surface area contributed by atoms with Crippen LogP contribution in [0.2, 0.25) is 0 Å². The summed E-state index contributed by atoms with van der Waals surface area (Å²) in [5.41, 5.74) is 1.99. The lowest BCUT2D eigenvalue weighted by atomic mass is 10.2. The molecule has 1 aromatic carbocycles. The summed E-state index contributed by atoms with van der Waals surface area (Å²) < 4.78 is 27.9. The molecule has 2 aromatic rings. The van der Waals surface area contributed by atoms with E-state index in [4.69, 9.17) is 0 Å². The van der Waals surface area contributed by atoms with Crippen LogP contribution in [-0.2, 0) is 23.1 Å². The number of hydrogen-bond donors (Lipinski definition) is 2. The summed E-state index contributed by atoms with van der Waals surface area (Å²) in [6.07, 6.45) is 0. The molecular weight excluding hydrogens is 533 g/mol. The lowest BCUT2D eigenvalue weighted by molar-refractivity contribution is 0.222. The van der Waals surface area contributed by atoms with Crippen LogP contribution in [0, 0.1) is 6.92 Å². The van der Waals surface area contributed by atoms with Gasteiger partial charge in [-0.05, 0) is 42.6 Å². The average Bonchev–Trinajstić information content (AvgIpc) is 3.13. The van der Waals surface area contributed by atoms with Crippen molar-refractivity contribution in [2.75, 3.05) is 40.3 Å². The summed E-state index contributed by atoms with van der Waals surface area (Å²) in [5, 5.41) is 8.61. The van der Waals surface area contributed by atoms with Gasteiger partial charge in [-0.1, -0.05) is 18.2 Å². The van der Waals surface area contributed by atoms with Gasteiger partial charge in [0, 0.05) is 44.6 Å². The van der Waals surface area contributed by atoms with Gasteiger partial charge in [-0.3, -0.25) is 4.99 Å². The normalized spacial score (nSPS) is 16.2. The zero-order valence-electron chi connectivity index (χ0n) is 17.6. The summed E-state index contributed by atoms with van der Waals surface area (Å²) in [6, 6.07) is 9.28. The van der Waals surface area contributed by atoms with Crippen LogP contribution in [0.1, 0.15) is 16.0 Å². The van der Waals surface area contributed by atoms with Gasteiger partial charge in [0.15, 0.2) is 5.96 Å². The Morgan fingerprint density at radius 1 is 1.10 bits per heavy atom. The van der Waals surface area contributed by atoms with Crippen LogP contribution in [0.15, 0.2) is 45.6 Å². The second-order valence-corrected chi connectivity index (χ2v) is 10.0. The quantitative estimate of drug-likeness (QED) is 0.321. The Kier molecular flexibility index (Phi) is 9.54. The number of thiophene rings is 1. The number of likely N-dealkylation sites (N-methyl/N-ethyl adjacent to an activating group) is 1. The van der Waals surface area contributed by atoms with Crippen molar-refractivity contribution in [1.82, 2.24) is 19.8 Å². The minimum Gasteiger partial charge on any atom is -0.352 e. The maximum absolute atomic E-state index is 13.2. The highest BCUT2D eigenvalue weighted by Gasteiger charge is 2.29. The third-order valence-corrected chi connectivity index (χ3v) is 8.13. The van der Waals surface area contributed by atoms with Crippen LogP contribution in [0.3, 0.4) is 0 Å². The van der Waals surface area contributed by atoms with Crippen molar-refractivity contribution < 1.29 is 8.42 Å². The van der Waals surface area contributed by atoms with Crippen LogP contribution in [-0.4, -0.2) is 63.9 Å². The molecular formula is C20H30IN5O2S2. The van der Waals surface area contributed by atoms with Crippen molar-refractivity contribution in [3.05, 3.63) is 51.7 Å². The summed E-state index contributed by atoms with van der Waals surface area (Å²) >= 11 is 1.70. The van der Waals surface area contributed by atoms with E-state index in [1.165, 1.54) is 10.4 Å². The third kappa shape index (κ3) is 6.16. The van der Waals surface area contributed by atoms with E-state index in [2.05, 4.69) is 38.9 Å². The number of guanidine groups is 1. The van der Waals surface area contributed by atoms with Crippen LogP contribution >= 0.6 is 35.3 Å². The number of piperazine rings is 1. The van der Waals surface area contributed by atoms with Crippen LogP contribution in [0.5, 0.6) is 0 Å². The molecule has 1 fully saturated rings. The molecule has 0 aliphatic carbocycles. The molecule has 166 valence electrons. The molecule has 0 bridgehead atoms. The highest BCUT2D eigenvalue weighted by Crippen LogP contribution is 2.21. The van der Waals surface area contributed by atoms with E-state index in [9.17, 15) is 8.42 Å². The van der Waals surface area contributed by atoms with Crippen molar-refractivity contribution in [2.24, 2.45) is 4.99 Å². The largest absolute Gasteiger partial charge is 0.352 e. The molecule has 30 heavy (non-hydrogen) atoms. The molecule has 0 unspecified atom stereocenters. The Morgan fingerprint density at radius 3 is 2.40 bits per heavy atom. The van der Waals surface area contributed by atoms with Gasteiger partial charge >= 0.3 is 0 Å². The number of rotatable bonds is 6. The molecule has 3 rings (SSSR count). The predicted molar refractivity (Wildman–Crippen MR) is 134 cm³/mol. The number of hydrogen-bond acceptors (Lipinski definition) is 5. The minimum atomic E-state index is -3.52. The fourth-order valence-electron chi connectivity index (χ4n) is 3.22. The highest BCUT2D eigenvalue weighted by atomic mass is 127. The van der Waals surface area contributed by atoms with Crippen LogP contribution in [0.25, 0.3) is 0 Å². The van der Waals surface area contributed by atoms with E-state index in [-0.39, 0.29) is 24.0 Å². The lowest BCUT2D eigenvalue weighted by Gasteiger charge is -2.32. The standard InChI is InChI=1S/C20H29N5O2S2.HI/c1-16-8-13-28-18(16)15-23-20(21-2)22-14-17-6-4-5-7-19(17)29(26,27)25-11-9-24(3)10-12-25;/h4-8,13H,9-12,14-15H2,1-3H3,(H2,21,22,23);1H. The number of halogens is 1. The first kappa shape index (κ1) is 25.1. The molecule has 10 heteroatoms. The third-order valence-electron chi connectivity index (χ3n) is 5.11. The Labute approximate surface area is 200 Å². The van der Waals surface area contributed by atoms with E-state index in [1.807, 2.05) is 19.2 Å². The molecule has 1 aliphatic rings. The van der Waals surface area contributed by atoms with Gasteiger partial charge in [0.25, 0.3) is 0 Å². The van der Waals surface area contributed by atoms with Crippen molar-refractivity contribution in [1.29, 1.82) is 0 Å². The molecule has 1 aliphatic heterocycles. The molecule has 7 nitrogen and oxygen atoms in total. The zero-order chi connectivity index (χ0) is 20.9. The number of aryl methyl sites for hydroxylation is 1. The first-order valence-electron chi connectivity index (χ1n) is 9.66. The first-order valence-corrected chi connectivity index (χ1v) is 12.0. The maximum Gasteiger partial charge on any atom is 0.243 e. The summed E-state index contributed by atoms with van der Waals surface area (Å²) in [5.74, 6) is 0.643. The van der Waals surface area contributed by atoms with Crippen molar-refractivity contribution in [2.45, 2.75) is 24.9 Å². The fourth-order valence-corrected chi connectivity index (χ4v) is 5.71. The molecule has 0 saturated carbocycles. The summed E-state index contributed by atoms with van der Waals surface area (Å²) in [7, 11) is 0.208. The number of aliphatic imine (C=N–C) groups is 1. The van der Waals surface area contributed by atoms with Gasteiger partial charge in [0.2, 0.25) is 10.0 Å². The Hall–Kier alpha value is -1.21. The molecule has 0 atom stereocenters. The Bertz CT molecular complexity index is 954. The van der Waals surface area contributed by atoms with E-state index < -0.39 is 10.0 Å². The van der Waals surface area contributed by atoms with E-state index >= 15 is 0 Å². The molecule has 0 amide bonds. The van der Waals surface area contributed by atoms with E-state index in [0.29, 0.717) is 37.0 Å². The van der Waals surface area contributed by atoms with Crippen molar-refractivity contribution in [3.8, 4) is 0 Å². The number of nitrogens with one attached hydrogen (secondary N) is 2. The highest BCUT2D eigenvalue weighted by molar-refractivity contribution is 14.0. The monoisotopic (exact) mass is 563 g/mol. The maximum atomic E-state index is 13.2. The number of benzene rings is 1. The molecule has 1 aromatic heterocycles. The second kappa shape index (κ2) is 11.4. The summed E-state index contributed by atoms with van der Waals surface area (Å²) in [6.45, 7) is 5.68. The van der Waals surface area contributed by atoms with Gasteiger partial charge in [0.05, 0.1) is 11.4 Å². The van der Waals surface area contributed by atoms with Gasteiger partial charge in [-0.15, -0.1) is 35.3 Å². The van der Waals surface area contributed by atoms with Gasteiger partial charge in [-0.25, -0.2) is 8.42 Å². The molecule has 2 N–H and O–H groups in total. The lowest BCUT2D eigenvalue weighted by Crippen LogP contribution is -2.47. The Morgan fingerprint density at radius 2 is 1.77 bits per heavy atom. The second-order valence-electron chi connectivity index (χ2n) is 7.12. The Balaban J connectivity index is 0.00000320. The SMILES string of the molecule is CN=C(NCc1ccccc1S(=O)(=O)N1CCN(C)CC1)NCc1sccc1C.I. The topological polar surface area (TPSA) is 77.0 Å². The van der Waals surface area contributed by atoms with Crippen LogP contribution < -0.4 is 10.6 Å². The molecule has 0 radical (unpaired) electrons. The number of nitrogens with zero attached hydrogens (tertiary/aromatic N) is 3. The minimum absolute atomic E-state index is 0. The van der Waals surface area contributed by atoms with Gasteiger partial charge in [0.1, 0.15) is 0 Å². The molecule has 1 saturated heterocycles. The number of sulfonamides is 1. The summed E-state index contributed by atoms with van der Waals surface area (Å²) in [4.78, 5) is 8.02. The molecule has 2 heterocycles. The first-order chi connectivity index (χ1) is 13.9. The van der Waals surface area contributed by atoms with Crippen LogP contribution in [0.4, 0.5) is 0 Å². The van der Waals surface area contributed by atoms with Crippen molar-refractivity contribution >= 4 is 51.3 Å². The van der Waals surface area contributed by atoms with E-state index in [1.54, 1.807) is 34.8 Å².